The fourth-order valence-corrected chi connectivity index (χ4v) is 4.98. The lowest BCUT2D eigenvalue weighted by atomic mass is 10.0. The van der Waals surface area contributed by atoms with Gasteiger partial charge in [-0.1, -0.05) is 19.1 Å². The molecule has 2 aromatic heterocycles. The molecule has 0 bridgehead atoms. The number of hydrogen-bond donors (Lipinski definition) is 0. The molecule has 0 aliphatic heterocycles. The minimum Gasteiger partial charge on any atom is -0.324 e. The van der Waals surface area contributed by atoms with E-state index in [-0.39, 0.29) is 22.9 Å². The number of nitrogens with zero attached hydrogens (tertiary/aromatic N) is 3. The van der Waals surface area contributed by atoms with Crippen molar-refractivity contribution in [3.63, 3.8) is 0 Å². The molecule has 2 heterocycles. The molecular formula is C25H26FN3O3S. The van der Waals surface area contributed by atoms with E-state index < -0.39 is 9.84 Å². The van der Waals surface area contributed by atoms with Gasteiger partial charge in [0.15, 0.2) is 9.84 Å². The number of fused-ring (bicyclic) bond motifs is 1. The summed E-state index contributed by atoms with van der Waals surface area (Å²) in [6.07, 6.45) is 1.74. The van der Waals surface area contributed by atoms with Crippen LogP contribution in [0.1, 0.15) is 29.4 Å². The van der Waals surface area contributed by atoms with E-state index in [0.29, 0.717) is 29.0 Å². The summed E-state index contributed by atoms with van der Waals surface area (Å²) in [5.74, 6) is 0.291. The number of aromatic nitrogens is 3. The normalized spacial score (nSPS) is 11.9. The van der Waals surface area contributed by atoms with Gasteiger partial charge in [0.1, 0.15) is 11.6 Å². The standard InChI is InChI=1S/C25H26FN3O3S/c1-5-33(31,32)15-21-11-19(20-9-16(2)25(30)28(4)14-20)12-23-24(21)27-17(3)29(23)13-18-7-6-8-22(26)10-18/h6-12,14H,5,13,15H2,1-4H3. The van der Waals surface area contributed by atoms with Crippen molar-refractivity contribution < 1.29 is 12.8 Å². The maximum atomic E-state index is 13.8. The van der Waals surface area contributed by atoms with Gasteiger partial charge in [-0.3, -0.25) is 4.79 Å². The van der Waals surface area contributed by atoms with Crippen molar-refractivity contribution in [1.29, 1.82) is 0 Å². The molecule has 0 aliphatic carbocycles. The molecule has 0 saturated carbocycles. The number of hydrogen-bond acceptors (Lipinski definition) is 4. The number of sulfone groups is 1. The van der Waals surface area contributed by atoms with Gasteiger partial charge >= 0.3 is 0 Å². The molecule has 33 heavy (non-hydrogen) atoms. The van der Waals surface area contributed by atoms with Crippen LogP contribution in [0.2, 0.25) is 0 Å². The second-order valence-corrected chi connectivity index (χ2v) is 10.7. The predicted octanol–water partition coefficient (Wildman–Crippen LogP) is 4.14. The third-order valence-corrected chi connectivity index (χ3v) is 7.49. The summed E-state index contributed by atoms with van der Waals surface area (Å²) in [6, 6.07) is 12.0. The Bertz CT molecular complexity index is 1510. The molecule has 6 nitrogen and oxygen atoms in total. The van der Waals surface area contributed by atoms with Crippen LogP contribution >= 0.6 is 0 Å². The van der Waals surface area contributed by atoms with E-state index in [2.05, 4.69) is 4.98 Å². The van der Waals surface area contributed by atoms with E-state index in [1.165, 1.54) is 16.7 Å². The summed E-state index contributed by atoms with van der Waals surface area (Å²) in [5, 5.41) is 0. The SMILES string of the molecule is CCS(=O)(=O)Cc1cc(-c2cc(C)c(=O)n(C)c2)cc2c1nc(C)n2Cc1cccc(F)c1. The van der Waals surface area contributed by atoms with Crippen molar-refractivity contribution in [3.8, 4) is 11.1 Å². The highest BCUT2D eigenvalue weighted by Gasteiger charge is 2.19. The van der Waals surface area contributed by atoms with Crippen LogP contribution in [-0.4, -0.2) is 28.3 Å². The number of imidazole rings is 1. The molecule has 0 spiro atoms. The average molecular weight is 468 g/mol. The Hall–Kier alpha value is -3.26. The first-order valence-corrected chi connectivity index (χ1v) is 12.5. The van der Waals surface area contributed by atoms with E-state index in [9.17, 15) is 17.6 Å². The van der Waals surface area contributed by atoms with Crippen molar-refractivity contribution in [2.24, 2.45) is 7.05 Å². The monoisotopic (exact) mass is 467 g/mol. The maximum absolute atomic E-state index is 13.8. The minimum absolute atomic E-state index is 0.0284. The lowest BCUT2D eigenvalue weighted by Crippen LogP contribution is -2.18. The molecule has 0 aliphatic rings. The fourth-order valence-electron chi connectivity index (χ4n) is 4.08. The highest BCUT2D eigenvalue weighted by Crippen LogP contribution is 2.30. The van der Waals surface area contributed by atoms with Crippen molar-refractivity contribution >= 4 is 20.9 Å². The Kier molecular flexibility index (Phi) is 5.97. The largest absolute Gasteiger partial charge is 0.324 e. The van der Waals surface area contributed by atoms with Crippen molar-refractivity contribution in [2.45, 2.75) is 33.1 Å². The van der Waals surface area contributed by atoms with E-state index in [0.717, 1.165) is 22.2 Å². The number of benzene rings is 2. The Balaban J connectivity index is 1.96. The summed E-state index contributed by atoms with van der Waals surface area (Å²) in [6.45, 7) is 5.63. The number of aryl methyl sites for hydroxylation is 3. The molecule has 0 unspecified atom stereocenters. The molecule has 0 fully saturated rings. The van der Waals surface area contributed by atoms with Gasteiger partial charge in [-0.2, -0.15) is 0 Å². The van der Waals surface area contributed by atoms with E-state index in [1.54, 1.807) is 33.2 Å². The van der Waals surface area contributed by atoms with E-state index in [4.69, 9.17) is 0 Å². The van der Waals surface area contributed by atoms with E-state index in [1.807, 2.05) is 35.8 Å². The molecular weight excluding hydrogens is 441 g/mol. The van der Waals surface area contributed by atoms with Gasteiger partial charge in [-0.15, -0.1) is 0 Å². The van der Waals surface area contributed by atoms with Gasteiger partial charge in [0.05, 0.1) is 16.8 Å². The zero-order valence-electron chi connectivity index (χ0n) is 19.1. The first-order chi connectivity index (χ1) is 15.6. The van der Waals surface area contributed by atoms with Crippen LogP contribution in [0.5, 0.6) is 0 Å². The number of halogens is 1. The van der Waals surface area contributed by atoms with Crippen molar-refractivity contribution in [1.82, 2.24) is 14.1 Å². The second kappa shape index (κ2) is 8.59. The zero-order valence-corrected chi connectivity index (χ0v) is 19.9. The molecule has 172 valence electrons. The lowest BCUT2D eigenvalue weighted by Gasteiger charge is -2.12. The van der Waals surface area contributed by atoms with Crippen LogP contribution < -0.4 is 5.56 Å². The Morgan fingerprint density at radius 2 is 1.82 bits per heavy atom. The van der Waals surface area contributed by atoms with Crippen LogP contribution in [0.25, 0.3) is 22.2 Å². The molecule has 0 amide bonds. The fraction of sp³-hybridized carbons (Fsp3) is 0.280. The molecule has 2 aromatic carbocycles. The van der Waals surface area contributed by atoms with Crippen LogP contribution in [0, 0.1) is 19.7 Å². The van der Waals surface area contributed by atoms with E-state index >= 15 is 0 Å². The van der Waals surface area contributed by atoms with Crippen LogP contribution in [0.4, 0.5) is 4.39 Å². The lowest BCUT2D eigenvalue weighted by molar-refractivity contribution is 0.596. The topological polar surface area (TPSA) is 74.0 Å². The summed E-state index contributed by atoms with van der Waals surface area (Å²) < 4.78 is 42.3. The third kappa shape index (κ3) is 4.61. The summed E-state index contributed by atoms with van der Waals surface area (Å²) in [4.78, 5) is 16.9. The quantitative estimate of drug-likeness (QED) is 0.427. The van der Waals surface area contributed by atoms with Crippen LogP contribution in [-0.2, 0) is 29.2 Å². The Morgan fingerprint density at radius 1 is 1.06 bits per heavy atom. The average Bonchev–Trinajstić information content (AvgIpc) is 3.07. The molecule has 4 aromatic rings. The highest BCUT2D eigenvalue weighted by molar-refractivity contribution is 7.90. The third-order valence-electron chi connectivity index (χ3n) is 5.86. The van der Waals surface area contributed by atoms with Gasteiger partial charge in [-0.05, 0) is 66.4 Å². The smallest absolute Gasteiger partial charge is 0.253 e. The molecule has 0 saturated heterocycles. The Morgan fingerprint density at radius 3 is 2.48 bits per heavy atom. The van der Waals surface area contributed by atoms with Crippen molar-refractivity contribution in [2.75, 3.05) is 5.75 Å². The van der Waals surface area contributed by atoms with Crippen molar-refractivity contribution in [3.05, 3.63) is 87.3 Å². The second-order valence-electron chi connectivity index (χ2n) is 8.38. The first kappa shape index (κ1) is 22.9. The van der Waals surface area contributed by atoms with Gasteiger partial charge in [-0.25, -0.2) is 17.8 Å². The summed E-state index contributed by atoms with van der Waals surface area (Å²) in [5.41, 5.74) is 4.89. The van der Waals surface area contributed by atoms with Gasteiger partial charge in [0, 0.05) is 31.1 Å². The Labute approximate surface area is 192 Å². The maximum Gasteiger partial charge on any atom is 0.253 e. The summed E-state index contributed by atoms with van der Waals surface area (Å²) >= 11 is 0. The number of pyridine rings is 1. The molecule has 0 N–H and O–H groups in total. The molecule has 0 radical (unpaired) electrons. The molecule has 8 heteroatoms. The predicted molar refractivity (Wildman–Crippen MR) is 129 cm³/mol. The molecule has 4 rings (SSSR count). The van der Waals surface area contributed by atoms with Gasteiger partial charge < -0.3 is 9.13 Å². The highest BCUT2D eigenvalue weighted by atomic mass is 32.2. The minimum atomic E-state index is -3.31. The van der Waals surface area contributed by atoms with Gasteiger partial charge in [0.25, 0.3) is 5.56 Å². The summed E-state index contributed by atoms with van der Waals surface area (Å²) in [7, 11) is -1.62. The molecule has 0 atom stereocenters. The van der Waals surface area contributed by atoms with Crippen LogP contribution in [0.15, 0.2) is 53.5 Å². The first-order valence-electron chi connectivity index (χ1n) is 10.7. The van der Waals surface area contributed by atoms with Gasteiger partial charge in [0.2, 0.25) is 0 Å². The zero-order chi connectivity index (χ0) is 23.9. The number of rotatable bonds is 6. The van der Waals surface area contributed by atoms with Crippen LogP contribution in [0.3, 0.4) is 0 Å².